The average Bonchev–Trinajstić information content (AvgIpc) is 2.41. The number of carbonyl (C=O) groups excluding carboxylic acids is 1. The number of nitrogens with zero attached hydrogens (tertiary/aromatic N) is 2. The molecule has 0 unspecified atom stereocenters. The Bertz CT molecular complexity index is 601. The van der Waals surface area contributed by atoms with Crippen LogP contribution in [0.2, 0.25) is 0 Å². The molecule has 6 nitrogen and oxygen atoms in total. The SMILES string of the molecule is COc1cc(NC(=O)c2ccc(N)nn2)ccc1Br. The molecule has 1 amide bonds. The largest absolute Gasteiger partial charge is 0.495 e. The summed E-state index contributed by atoms with van der Waals surface area (Å²) in [6.45, 7) is 0. The number of nitrogens with two attached hydrogens (primary N) is 1. The second-order valence-corrected chi connectivity index (χ2v) is 4.50. The van der Waals surface area contributed by atoms with Crippen LogP contribution in [-0.2, 0) is 0 Å². The van der Waals surface area contributed by atoms with Gasteiger partial charge in [0, 0.05) is 11.8 Å². The number of halogens is 1. The summed E-state index contributed by atoms with van der Waals surface area (Å²) in [5.74, 6) is 0.528. The fourth-order valence-electron chi connectivity index (χ4n) is 1.40. The molecule has 0 atom stereocenters. The van der Waals surface area contributed by atoms with E-state index in [1.54, 1.807) is 25.3 Å². The van der Waals surface area contributed by atoms with Crippen LogP contribution in [0.4, 0.5) is 11.5 Å². The van der Waals surface area contributed by atoms with Crippen molar-refractivity contribution >= 4 is 33.3 Å². The predicted molar refractivity (Wildman–Crippen MR) is 75.1 cm³/mol. The number of anilines is 2. The first kappa shape index (κ1) is 13.3. The van der Waals surface area contributed by atoms with E-state index in [4.69, 9.17) is 10.5 Å². The molecule has 0 saturated heterocycles. The summed E-state index contributed by atoms with van der Waals surface area (Å²) in [7, 11) is 1.55. The zero-order valence-corrected chi connectivity index (χ0v) is 11.6. The number of ether oxygens (including phenoxy) is 1. The maximum atomic E-state index is 11.9. The monoisotopic (exact) mass is 322 g/mol. The first-order valence-electron chi connectivity index (χ1n) is 5.34. The number of aromatic nitrogens is 2. The molecule has 2 rings (SSSR count). The van der Waals surface area contributed by atoms with Gasteiger partial charge in [-0.2, -0.15) is 0 Å². The third-order valence-electron chi connectivity index (χ3n) is 2.33. The van der Waals surface area contributed by atoms with Crippen molar-refractivity contribution in [3.05, 3.63) is 40.5 Å². The fraction of sp³-hybridized carbons (Fsp3) is 0.0833. The minimum Gasteiger partial charge on any atom is -0.495 e. The average molecular weight is 323 g/mol. The van der Waals surface area contributed by atoms with Crippen molar-refractivity contribution in [1.82, 2.24) is 10.2 Å². The number of nitrogen functional groups attached to an aromatic ring is 1. The predicted octanol–water partition coefficient (Wildman–Crippen LogP) is 2.08. The van der Waals surface area contributed by atoms with Gasteiger partial charge in [-0.25, -0.2) is 0 Å². The summed E-state index contributed by atoms with van der Waals surface area (Å²) < 4.78 is 5.95. The van der Waals surface area contributed by atoms with Gasteiger partial charge in [0.2, 0.25) is 0 Å². The van der Waals surface area contributed by atoms with Crippen molar-refractivity contribution in [3.63, 3.8) is 0 Å². The standard InChI is InChI=1S/C12H11BrN4O2/c1-19-10-6-7(2-3-8(10)13)15-12(18)9-4-5-11(14)17-16-9/h2-6H,1H3,(H2,14,17)(H,15,18). The number of hydrogen-bond acceptors (Lipinski definition) is 5. The summed E-state index contributed by atoms with van der Waals surface area (Å²) in [6, 6.07) is 8.25. The van der Waals surface area contributed by atoms with Gasteiger partial charge in [-0.3, -0.25) is 4.79 Å². The lowest BCUT2D eigenvalue weighted by Crippen LogP contribution is -2.14. The molecule has 2 aromatic rings. The molecule has 3 N–H and O–H groups in total. The van der Waals surface area contributed by atoms with Gasteiger partial charge in [-0.05, 0) is 40.2 Å². The van der Waals surface area contributed by atoms with Crippen LogP contribution in [0.3, 0.4) is 0 Å². The van der Waals surface area contributed by atoms with Crippen molar-refractivity contribution in [2.24, 2.45) is 0 Å². The third kappa shape index (κ3) is 3.19. The number of hydrogen-bond donors (Lipinski definition) is 2. The molecule has 0 saturated carbocycles. The first-order chi connectivity index (χ1) is 9.10. The van der Waals surface area contributed by atoms with E-state index in [0.29, 0.717) is 11.4 Å². The number of carbonyl (C=O) groups is 1. The van der Waals surface area contributed by atoms with Crippen molar-refractivity contribution in [2.45, 2.75) is 0 Å². The van der Waals surface area contributed by atoms with Crippen LogP contribution < -0.4 is 15.8 Å². The van der Waals surface area contributed by atoms with Crippen LogP contribution >= 0.6 is 15.9 Å². The Morgan fingerprint density at radius 3 is 2.74 bits per heavy atom. The van der Waals surface area contributed by atoms with E-state index in [1.165, 1.54) is 12.1 Å². The molecule has 98 valence electrons. The molecule has 0 bridgehead atoms. The highest BCUT2D eigenvalue weighted by molar-refractivity contribution is 9.10. The van der Waals surface area contributed by atoms with Crippen LogP contribution in [0.5, 0.6) is 5.75 Å². The highest BCUT2D eigenvalue weighted by atomic mass is 79.9. The van der Waals surface area contributed by atoms with Crippen molar-refractivity contribution in [2.75, 3.05) is 18.2 Å². The molecule has 1 aromatic heterocycles. The molecule has 7 heteroatoms. The molecular weight excluding hydrogens is 312 g/mol. The topological polar surface area (TPSA) is 90.1 Å². The van der Waals surface area contributed by atoms with Gasteiger partial charge in [-0.1, -0.05) is 0 Å². The molecule has 0 aliphatic heterocycles. The number of nitrogens with one attached hydrogen (secondary N) is 1. The molecule has 1 aromatic carbocycles. The Hall–Kier alpha value is -2.15. The van der Waals surface area contributed by atoms with E-state index in [1.807, 2.05) is 0 Å². The Labute approximate surface area is 118 Å². The van der Waals surface area contributed by atoms with Crippen LogP contribution in [0.1, 0.15) is 10.5 Å². The fourth-order valence-corrected chi connectivity index (χ4v) is 1.80. The minimum absolute atomic E-state index is 0.191. The third-order valence-corrected chi connectivity index (χ3v) is 2.98. The highest BCUT2D eigenvalue weighted by Crippen LogP contribution is 2.27. The summed E-state index contributed by atoms with van der Waals surface area (Å²) in [4.78, 5) is 11.9. The second kappa shape index (κ2) is 5.66. The highest BCUT2D eigenvalue weighted by Gasteiger charge is 2.09. The van der Waals surface area contributed by atoms with Crippen LogP contribution in [0, 0.1) is 0 Å². The second-order valence-electron chi connectivity index (χ2n) is 3.65. The van der Waals surface area contributed by atoms with Crippen molar-refractivity contribution in [1.29, 1.82) is 0 Å². The van der Waals surface area contributed by atoms with Gasteiger partial charge < -0.3 is 15.8 Å². The smallest absolute Gasteiger partial charge is 0.276 e. The molecule has 19 heavy (non-hydrogen) atoms. The van der Waals surface area contributed by atoms with Gasteiger partial charge in [0.15, 0.2) is 5.69 Å². The number of methoxy groups -OCH3 is 1. The lowest BCUT2D eigenvalue weighted by Gasteiger charge is -2.08. The lowest BCUT2D eigenvalue weighted by atomic mass is 10.3. The van der Waals surface area contributed by atoms with E-state index < -0.39 is 0 Å². The van der Waals surface area contributed by atoms with Gasteiger partial charge in [-0.15, -0.1) is 10.2 Å². The minimum atomic E-state index is -0.364. The Morgan fingerprint density at radius 1 is 1.32 bits per heavy atom. The first-order valence-corrected chi connectivity index (χ1v) is 6.13. The Kier molecular flexibility index (Phi) is 3.96. The number of benzene rings is 1. The zero-order chi connectivity index (χ0) is 13.8. The number of amides is 1. The molecule has 0 aliphatic carbocycles. The van der Waals surface area contributed by atoms with E-state index >= 15 is 0 Å². The van der Waals surface area contributed by atoms with Crippen LogP contribution in [0.25, 0.3) is 0 Å². The van der Waals surface area contributed by atoms with Gasteiger partial charge in [0.1, 0.15) is 11.6 Å². The summed E-state index contributed by atoms with van der Waals surface area (Å²) in [6.07, 6.45) is 0. The Morgan fingerprint density at radius 2 is 2.11 bits per heavy atom. The summed E-state index contributed by atoms with van der Waals surface area (Å²) in [5, 5.41) is 10.0. The molecule has 1 heterocycles. The van der Waals surface area contributed by atoms with Gasteiger partial charge >= 0.3 is 0 Å². The van der Waals surface area contributed by atoms with E-state index in [9.17, 15) is 4.79 Å². The van der Waals surface area contributed by atoms with E-state index in [0.717, 1.165) is 4.47 Å². The van der Waals surface area contributed by atoms with Gasteiger partial charge in [0.25, 0.3) is 5.91 Å². The number of rotatable bonds is 3. The molecule has 0 radical (unpaired) electrons. The summed E-state index contributed by atoms with van der Waals surface area (Å²) in [5.41, 5.74) is 6.20. The summed E-state index contributed by atoms with van der Waals surface area (Å²) >= 11 is 3.34. The zero-order valence-electron chi connectivity index (χ0n) is 10.1. The van der Waals surface area contributed by atoms with Crippen LogP contribution in [0.15, 0.2) is 34.8 Å². The van der Waals surface area contributed by atoms with E-state index in [-0.39, 0.29) is 17.4 Å². The van der Waals surface area contributed by atoms with E-state index in [2.05, 4.69) is 31.4 Å². The molecule has 0 aliphatic rings. The maximum absolute atomic E-state index is 11.9. The van der Waals surface area contributed by atoms with Crippen molar-refractivity contribution in [3.8, 4) is 5.75 Å². The molecule has 0 spiro atoms. The molecule has 0 fully saturated rings. The lowest BCUT2D eigenvalue weighted by molar-refractivity contribution is 0.102. The molecular formula is C12H11BrN4O2. The maximum Gasteiger partial charge on any atom is 0.276 e. The quantitative estimate of drug-likeness (QED) is 0.902. The van der Waals surface area contributed by atoms with Gasteiger partial charge in [0.05, 0.1) is 11.6 Å². The normalized spacial score (nSPS) is 10.0. The van der Waals surface area contributed by atoms with Crippen molar-refractivity contribution < 1.29 is 9.53 Å². The Balaban J connectivity index is 2.17. The van der Waals surface area contributed by atoms with Crippen LogP contribution in [-0.4, -0.2) is 23.2 Å².